The Morgan fingerprint density at radius 2 is 2.32 bits per heavy atom. The minimum absolute atomic E-state index is 0.0271. The molecule has 2 heterocycles. The minimum atomic E-state index is -0.0271. The lowest BCUT2D eigenvalue weighted by Crippen LogP contribution is -2.38. The molecule has 0 bridgehead atoms. The van der Waals surface area contributed by atoms with Crippen molar-refractivity contribution in [1.29, 1.82) is 0 Å². The summed E-state index contributed by atoms with van der Waals surface area (Å²) in [5.74, 6) is 2.74. The van der Waals surface area contributed by atoms with E-state index in [9.17, 15) is 4.79 Å². The predicted molar refractivity (Wildman–Crippen MR) is 73.6 cm³/mol. The van der Waals surface area contributed by atoms with Gasteiger partial charge < -0.3 is 14.6 Å². The second-order valence-corrected chi connectivity index (χ2v) is 5.67. The largest absolute Gasteiger partial charge is 0.384 e. The van der Waals surface area contributed by atoms with Crippen LogP contribution in [-0.4, -0.2) is 36.8 Å². The number of H-pyrrole nitrogens is 1. The minimum Gasteiger partial charge on any atom is -0.384 e. The van der Waals surface area contributed by atoms with E-state index in [1.54, 1.807) is 13.2 Å². The fraction of sp³-hybridized carbons (Fsp3) is 0.714. The van der Waals surface area contributed by atoms with Crippen molar-refractivity contribution in [3.05, 3.63) is 22.2 Å². The Labute approximate surface area is 113 Å². The van der Waals surface area contributed by atoms with Crippen molar-refractivity contribution in [3.8, 4) is 0 Å². The third-order valence-electron chi connectivity index (χ3n) is 3.96. The van der Waals surface area contributed by atoms with Gasteiger partial charge in [0.15, 0.2) is 0 Å². The number of nitrogens with one attached hydrogen (secondary N) is 1. The Kier molecular flexibility index (Phi) is 3.55. The Morgan fingerprint density at radius 1 is 1.47 bits per heavy atom. The Balaban J connectivity index is 1.78. The fourth-order valence-electron chi connectivity index (χ4n) is 2.82. The van der Waals surface area contributed by atoms with Crippen LogP contribution in [-0.2, 0) is 4.74 Å². The molecule has 3 rings (SSSR count). The summed E-state index contributed by atoms with van der Waals surface area (Å²) >= 11 is 0. The van der Waals surface area contributed by atoms with Crippen LogP contribution in [0.25, 0.3) is 0 Å². The molecular formula is C14H21N3O2. The number of ether oxygens (including phenoxy) is 1. The van der Waals surface area contributed by atoms with E-state index in [-0.39, 0.29) is 5.56 Å². The lowest BCUT2D eigenvalue weighted by molar-refractivity contribution is 0.143. The molecule has 19 heavy (non-hydrogen) atoms. The third kappa shape index (κ3) is 2.97. The number of hydrogen-bond donors (Lipinski definition) is 1. The van der Waals surface area contributed by atoms with E-state index in [0.717, 1.165) is 50.6 Å². The Morgan fingerprint density at radius 3 is 3.05 bits per heavy atom. The van der Waals surface area contributed by atoms with E-state index in [2.05, 4.69) is 14.9 Å². The van der Waals surface area contributed by atoms with Gasteiger partial charge in [-0.3, -0.25) is 4.79 Å². The molecule has 104 valence electrons. The maximum absolute atomic E-state index is 11.7. The molecule has 5 nitrogen and oxygen atoms in total. The van der Waals surface area contributed by atoms with Gasteiger partial charge in [0.1, 0.15) is 11.6 Å². The monoisotopic (exact) mass is 263 g/mol. The highest BCUT2D eigenvalue weighted by atomic mass is 16.5. The van der Waals surface area contributed by atoms with Crippen LogP contribution >= 0.6 is 0 Å². The van der Waals surface area contributed by atoms with Crippen LogP contribution < -0.4 is 10.5 Å². The summed E-state index contributed by atoms with van der Waals surface area (Å²) in [5, 5.41) is 0. The quantitative estimate of drug-likeness (QED) is 0.894. The number of anilines is 1. The number of methoxy groups -OCH3 is 1. The molecule has 1 saturated heterocycles. The average molecular weight is 263 g/mol. The van der Waals surface area contributed by atoms with Crippen LogP contribution in [0.4, 0.5) is 5.82 Å². The van der Waals surface area contributed by atoms with Gasteiger partial charge in [-0.15, -0.1) is 0 Å². The van der Waals surface area contributed by atoms with Crippen molar-refractivity contribution in [1.82, 2.24) is 9.97 Å². The van der Waals surface area contributed by atoms with Crippen LogP contribution in [0.5, 0.6) is 0 Å². The SMILES string of the molecule is COCC1CCCN(c2cc(=O)[nH]c(C3CC3)n2)C1. The van der Waals surface area contributed by atoms with Crippen LogP contribution in [0.2, 0.25) is 0 Å². The van der Waals surface area contributed by atoms with Crippen molar-refractivity contribution in [2.75, 3.05) is 31.7 Å². The first kappa shape index (κ1) is 12.7. The summed E-state index contributed by atoms with van der Waals surface area (Å²) in [4.78, 5) is 21.5. The highest BCUT2D eigenvalue weighted by Gasteiger charge is 2.28. The summed E-state index contributed by atoms with van der Waals surface area (Å²) in [7, 11) is 1.75. The molecule has 2 aliphatic rings. The second-order valence-electron chi connectivity index (χ2n) is 5.67. The Hall–Kier alpha value is -1.36. The molecule has 5 heteroatoms. The lowest BCUT2D eigenvalue weighted by Gasteiger charge is -2.33. The predicted octanol–water partition coefficient (Wildman–Crippen LogP) is 1.51. The normalized spacial score (nSPS) is 23.6. The number of aromatic amines is 1. The summed E-state index contributed by atoms with van der Waals surface area (Å²) in [5.41, 5.74) is -0.0271. The van der Waals surface area contributed by atoms with E-state index in [1.165, 1.54) is 6.42 Å². The summed E-state index contributed by atoms with van der Waals surface area (Å²) in [6, 6.07) is 1.63. The van der Waals surface area contributed by atoms with Gasteiger partial charge in [-0.1, -0.05) is 0 Å². The van der Waals surface area contributed by atoms with Gasteiger partial charge in [0.05, 0.1) is 6.61 Å². The fourth-order valence-corrected chi connectivity index (χ4v) is 2.82. The van der Waals surface area contributed by atoms with Crippen molar-refractivity contribution in [3.63, 3.8) is 0 Å². The van der Waals surface area contributed by atoms with Crippen molar-refractivity contribution < 1.29 is 4.74 Å². The molecule has 0 spiro atoms. The van der Waals surface area contributed by atoms with E-state index < -0.39 is 0 Å². The highest BCUT2D eigenvalue weighted by Crippen LogP contribution is 2.38. The molecule has 2 fully saturated rings. The zero-order valence-electron chi connectivity index (χ0n) is 11.4. The molecule has 1 saturated carbocycles. The van der Waals surface area contributed by atoms with Gasteiger partial charge in [-0.25, -0.2) is 4.98 Å². The summed E-state index contributed by atoms with van der Waals surface area (Å²) < 4.78 is 5.25. The first-order chi connectivity index (χ1) is 9.26. The van der Waals surface area contributed by atoms with Gasteiger partial charge in [0.2, 0.25) is 0 Å². The average Bonchev–Trinajstić information content (AvgIpc) is 3.23. The summed E-state index contributed by atoms with van der Waals surface area (Å²) in [6.07, 6.45) is 4.64. The van der Waals surface area contributed by atoms with Gasteiger partial charge in [0, 0.05) is 32.2 Å². The van der Waals surface area contributed by atoms with Crippen LogP contribution in [0.15, 0.2) is 10.9 Å². The molecule has 1 aliphatic carbocycles. The number of piperidine rings is 1. The number of nitrogens with zero attached hydrogens (tertiary/aromatic N) is 2. The van der Waals surface area contributed by atoms with Gasteiger partial charge in [-0.2, -0.15) is 0 Å². The topological polar surface area (TPSA) is 58.2 Å². The molecule has 1 aromatic rings. The van der Waals surface area contributed by atoms with E-state index in [4.69, 9.17) is 4.74 Å². The van der Waals surface area contributed by atoms with Crippen LogP contribution in [0.3, 0.4) is 0 Å². The summed E-state index contributed by atoms with van der Waals surface area (Å²) in [6.45, 7) is 2.71. The maximum Gasteiger partial charge on any atom is 0.252 e. The van der Waals surface area contributed by atoms with Crippen LogP contribution in [0, 0.1) is 5.92 Å². The molecular weight excluding hydrogens is 242 g/mol. The molecule has 0 radical (unpaired) electrons. The number of hydrogen-bond acceptors (Lipinski definition) is 4. The molecule has 1 atom stereocenters. The van der Waals surface area contributed by atoms with E-state index in [0.29, 0.717) is 11.8 Å². The molecule has 1 unspecified atom stereocenters. The smallest absolute Gasteiger partial charge is 0.252 e. The maximum atomic E-state index is 11.7. The van der Waals surface area contributed by atoms with Crippen LogP contribution in [0.1, 0.15) is 37.4 Å². The third-order valence-corrected chi connectivity index (χ3v) is 3.96. The van der Waals surface area contributed by atoms with Gasteiger partial charge in [0.25, 0.3) is 5.56 Å². The lowest BCUT2D eigenvalue weighted by atomic mass is 9.99. The first-order valence-corrected chi connectivity index (χ1v) is 7.11. The van der Waals surface area contributed by atoms with Gasteiger partial charge in [-0.05, 0) is 31.6 Å². The molecule has 0 aromatic carbocycles. The molecule has 0 amide bonds. The van der Waals surface area contributed by atoms with E-state index >= 15 is 0 Å². The zero-order valence-corrected chi connectivity index (χ0v) is 11.4. The van der Waals surface area contributed by atoms with Crippen molar-refractivity contribution in [2.45, 2.75) is 31.6 Å². The number of rotatable bonds is 4. The second kappa shape index (κ2) is 5.33. The highest BCUT2D eigenvalue weighted by molar-refractivity contribution is 5.38. The molecule has 1 N–H and O–H groups in total. The molecule has 1 aromatic heterocycles. The van der Waals surface area contributed by atoms with Crippen molar-refractivity contribution in [2.24, 2.45) is 5.92 Å². The first-order valence-electron chi connectivity index (χ1n) is 7.11. The van der Waals surface area contributed by atoms with Crippen molar-refractivity contribution >= 4 is 5.82 Å². The number of aromatic nitrogens is 2. The standard InChI is InChI=1S/C14H21N3O2/c1-19-9-10-3-2-6-17(8-10)12-7-13(18)16-14(15-12)11-4-5-11/h7,10-11H,2-6,8-9H2,1H3,(H,15,16,18). The van der Waals surface area contributed by atoms with Gasteiger partial charge >= 0.3 is 0 Å². The van der Waals surface area contributed by atoms with E-state index in [1.807, 2.05) is 0 Å². The Bertz CT molecular complexity index is 494. The zero-order chi connectivity index (χ0) is 13.2. The molecule has 1 aliphatic heterocycles.